The van der Waals surface area contributed by atoms with Crippen molar-refractivity contribution >= 4 is 67.8 Å². The van der Waals surface area contributed by atoms with Gasteiger partial charge in [-0.25, -0.2) is 4.18 Å². The van der Waals surface area contributed by atoms with Gasteiger partial charge in [-0.2, -0.15) is 8.42 Å². The summed E-state index contributed by atoms with van der Waals surface area (Å²) >= 11 is 3.89. The molecule has 0 aromatic heterocycles. The summed E-state index contributed by atoms with van der Waals surface area (Å²) in [7, 11) is -2.19. The molecule has 1 atom stereocenters. The third kappa shape index (κ3) is 4.05. The van der Waals surface area contributed by atoms with Crippen LogP contribution in [0.4, 0.5) is 5.69 Å². The molecule has 2 heterocycles. The molecule has 6 nitrogen and oxygen atoms in total. The van der Waals surface area contributed by atoms with Crippen molar-refractivity contribution < 1.29 is 17.4 Å². The molecule has 3 aromatic rings. The Labute approximate surface area is 218 Å². The summed E-state index contributed by atoms with van der Waals surface area (Å²) in [6, 6.07) is 18.8. The number of aryl methyl sites for hydroxylation is 1. The number of fused-ring (bicyclic) bond motifs is 3. The molecule has 1 amide bonds. The molecule has 35 heavy (non-hydrogen) atoms. The fourth-order valence-corrected chi connectivity index (χ4v) is 9.52. The zero-order chi connectivity index (χ0) is 25.0. The second kappa shape index (κ2) is 9.08. The van der Waals surface area contributed by atoms with Gasteiger partial charge in [-0.15, -0.1) is 0 Å². The largest absolute Gasteiger partial charge is 0.337 e. The highest BCUT2D eigenvalue weighted by molar-refractivity contribution is 8.21. The first-order valence-electron chi connectivity index (χ1n) is 11.0. The number of likely N-dealkylation sites (N-methyl/N-ethyl adjacent to an activating group) is 1. The molecule has 3 aromatic carbocycles. The number of carbonyl (C=O) groups excluding carboxylic acids is 1. The van der Waals surface area contributed by atoms with E-state index in [-0.39, 0.29) is 10.8 Å². The van der Waals surface area contributed by atoms with E-state index in [9.17, 15) is 13.2 Å². The van der Waals surface area contributed by atoms with Crippen molar-refractivity contribution in [2.45, 2.75) is 28.0 Å². The van der Waals surface area contributed by atoms with E-state index in [2.05, 4.69) is 24.3 Å². The van der Waals surface area contributed by atoms with E-state index in [0.29, 0.717) is 11.4 Å². The lowest BCUT2D eigenvalue weighted by atomic mass is 10.1. The van der Waals surface area contributed by atoms with E-state index < -0.39 is 14.5 Å². The van der Waals surface area contributed by atoms with Gasteiger partial charge in [0, 0.05) is 18.5 Å². The molecule has 0 N–H and O–H groups in total. The molecule has 0 spiro atoms. The molecule has 182 valence electrons. The molecule has 2 aliphatic heterocycles. The zero-order valence-corrected chi connectivity index (χ0v) is 22.9. The number of carbonyl (C=O) groups is 1. The summed E-state index contributed by atoms with van der Waals surface area (Å²) in [5.41, 5.74) is 1.96. The van der Waals surface area contributed by atoms with Crippen LogP contribution in [-0.4, -0.2) is 43.5 Å². The van der Waals surface area contributed by atoms with Crippen molar-refractivity contribution in [3.05, 3.63) is 76.2 Å². The van der Waals surface area contributed by atoms with Crippen LogP contribution in [0.15, 0.2) is 80.4 Å². The third-order valence-electron chi connectivity index (χ3n) is 6.02. The van der Waals surface area contributed by atoms with Crippen molar-refractivity contribution in [3.8, 4) is 0 Å². The number of rotatable bonds is 5. The van der Waals surface area contributed by atoms with Crippen LogP contribution in [0.25, 0.3) is 10.8 Å². The van der Waals surface area contributed by atoms with Crippen LogP contribution in [0.2, 0.25) is 0 Å². The van der Waals surface area contributed by atoms with Gasteiger partial charge in [-0.3, -0.25) is 9.69 Å². The quantitative estimate of drug-likeness (QED) is 0.226. The Bertz CT molecular complexity index is 1470. The number of benzene rings is 3. The minimum Gasteiger partial charge on any atom is -0.337 e. The van der Waals surface area contributed by atoms with Gasteiger partial charge in [0.15, 0.2) is 0 Å². The molecular formula is C25H24N2O4S4. The fourth-order valence-electron chi connectivity index (χ4n) is 4.16. The summed E-state index contributed by atoms with van der Waals surface area (Å²) in [5, 5.41) is 3.02. The summed E-state index contributed by atoms with van der Waals surface area (Å²) < 4.78 is 30.9. The van der Waals surface area contributed by atoms with Gasteiger partial charge in [-0.1, -0.05) is 71.6 Å². The predicted molar refractivity (Wildman–Crippen MR) is 146 cm³/mol. The lowest BCUT2D eigenvalue weighted by molar-refractivity contribution is -0.130. The van der Waals surface area contributed by atoms with Crippen molar-refractivity contribution in [1.82, 2.24) is 4.90 Å². The molecule has 0 bridgehead atoms. The Morgan fingerprint density at radius 3 is 2.46 bits per heavy atom. The average molecular weight is 545 g/mol. The summed E-state index contributed by atoms with van der Waals surface area (Å²) in [6.45, 7) is 4.02. The molecule has 0 saturated carbocycles. The van der Waals surface area contributed by atoms with Crippen LogP contribution in [0.3, 0.4) is 0 Å². The second-order valence-electron chi connectivity index (χ2n) is 8.16. The Morgan fingerprint density at radius 1 is 1.06 bits per heavy atom. The lowest BCUT2D eigenvalue weighted by Crippen LogP contribution is -2.44. The Hall–Kier alpha value is -2.11. The topological polar surface area (TPSA) is 66.9 Å². The van der Waals surface area contributed by atoms with Crippen LogP contribution in [0.1, 0.15) is 12.5 Å². The monoisotopic (exact) mass is 544 g/mol. The van der Waals surface area contributed by atoms with Crippen LogP contribution in [0, 0.1) is 6.92 Å². The molecule has 2 aliphatic rings. The van der Waals surface area contributed by atoms with E-state index in [1.165, 1.54) is 40.6 Å². The number of anilines is 1. The highest BCUT2D eigenvalue weighted by atomic mass is 32.2. The first kappa shape index (κ1) is 24.6. The molecule has 10 heteroatoms. The highest BCUT2D eigenvalue weighted by Gasteiger charge is 2.54. The highest BCUT2D eigenvalue weighted by Crippen LogP contribution is 2.58. The molecule has 1 saturated heterocycles. The van der Waals surface area contributed by atoms with Crippen molar-refractivity contribution in [1.29, 1.82) is 0 Å². The van der Waals surface area contributed by atoms with Crippen molar-refractivity contribution in [2.75, 3.05) is 24.7 Å². The zero-order valence-electron chi connectivity index (χ0n) is 19.6. The normalized spacial score (nSPS) is 22.3. The van der Waals surface area contributed by atoms with Crippen LogP contribution in [0.5, 0.6) is 0 Å². The smallest absolute Gasteiger partial charge is 0.300 e. The van der Waals surface area contributed by atoms with Crippen LogP contribution >= 0.6 is 35.3 Å². The first-order valence-corrected chi connectivity index (χ1v) is 15.2. The van der Waals surface area contributed by atoms with E-state index >= 15 is 0 Å². The number of hydrogen-bond donors (Lipinski definition) is 0. The molecule has 1 fully saturated rings. The van der Waals surface area contributed by atoms with E-state index in [4.69, 9.17) is 4.18 Å². The minimum absolute atomic E-state index is 0.0629. The Balaban J connectivity index is 1.56. The second-order valence-corrected chi connectivity index (χ2v) is 13.1. The van der Waals surface area contributed by atoms with Crippen LogP contribution in [-0.2, 0) is 19.1 Å². The summed E-state index contributed by atoms with van der Waals surface area (Å²) in [5.74, 6) is -0.239. The van der Waals surface area contributed by atoms with Crippen molar-refractivity contribution in [2.24, 2.45) is 0 Å². The standard InChI is InChI=1S/C25H24N2O4S4/c1-5-27-23(28)22(24-26(3)20-15-12-17-8-6-7-9-19(17)21(20)33-24)34-25(27,32-4)31-35(29,30)18-13-10-16(2)11-14-18/h6-15H,5H2,1-4H3. The Morgan fingerprint density at radius 2 is 1.77 bits per heavy atom. The van der Waals surface area contributed by atoms with Gasteiger partial charge < -0.3 is 4.90 Å². The van der Waals surface area contributed by atoms with Gasteiger partial charge in [0.05, 0.1) is 15.6 Å². The third-order valence-corrected chi connectivity index (χ3v) is 11.7. The molecule has 0 radical (unpaired) electrons. The van der Waals surface area contributed by atoms with E-state index in [0.717, 1.165) is 43.7 Å². The molecule has 1 unspecified atom stereocenters. The van der Waals surface area contributed by atoms with E-state index in [1.54, 1.807) is 18.4 Å². The number of hydrogen-bond acceptors (Lipinski definition) is 8. The average Bonchev–Trinajstić information content (AvgIpc) is 3.32. The van der Waals surface area contributed by atoms with Gasteiger partial charge >= 0.3 is 10.1 Å². The van der Waals surface area contributed by atoms with Crippen molar-refractivity contribution in [3.63, 3.8) is 0 Å². The summed E-state index contributed by atoms with van der Waals surface area (Å²) in [6.07, 6.45) is 1.76. The molecular weight excluding hydrogens is 521 g/mol. The molecule has 0 aliphatic carbocycles. The summed E-state index contributed by atoms with van der Waals surface area (Å²) in [4.78, 5) is 18.8. The lowest BCUT2D eigenvalue weighted by Gasteiger charge is -2.33. The van der Waals surface area contributed by atoms with E-state index in [1.807, 2.05) is 37.9 Å². The van der Waals surface area contributed by atoms with Gasteiger partial charge in [0.2, 0.25) is 0 Å². The van der Waals surface area contributed by atoms with Crippen LogP contribution < -0.4 is 4.90 Å². The van der Waals surface area contributed by atoms with Gasteiger partial charge in [-0.05, 0) is 60.8 Å². The van der Waals surface area contributed by atoms with Gasteiger partial charge in [0.25, 0.3) is 10.3 Å². The maximum atomic E-state index is 13.6. The fraction of sp³-hybridized carbons (Fsp3) is 0.240. The maximum Gasteiger partial charge on any atom is 0.300 e. The number of amides is 1. The Kier molecular flexibility index (Phi) is 6.38. The first-order chi connectivity index (χ1) is 16.7. The van der Waals surface area contributed by atoms with Gasteiger partial charge in [0.1, 0.15) is 4.91 Å². The SMILES string of the molecule is CCN1C(=O)C(=C2Sc3c(ccc4ccccc34)N2C)SC1(OS(=O)(=O)c1ccc(C)cc1)SC. The minimum atomic E-state index is -4.12. The predicted octanol–water partition coefficient (Wildman–Crippen LogP) is 5.83. The molecule has 5 rings (SSSR count). The number of nitrogens with zero attached hydrogens (tertiary/aromatic N) is 2. The maximum absolute atomic E-state index is 13.6. The number of thioether (sulfide) groups is 3.